The molecular weight excluding hydrogens is 434 g/mol. The minimum atomic E-state index is 0.805. The number of nitrogens with zero attached hydrogens (tertiary/aromatic N) is 1. The summed E-state index contributed by atoms with van der Waals surface area (Å²) >= 11 is 0. The molecule has 0 aliphatic carbocycles. The fourth-order valence-electron chi connectivity index (χ4n) is 4.66. The summed E-state index contributed by atoms with van der Waals surface area (Å²) in [6, 6.07) is 12.3. The number of nitrogens with one attached hydrogen (secondary N) is 2. The maximum Gasteiger partial charge on any atom is 0.144 e. The van der Waals surface area contributed by atoms with Gasteiger partial charge in [-0.25, -0.2) is 4.99 Å². The van der Waals surface area contributed by atoms with Crippen LogP contribution in [0.15, 0.2) is 41.4 Å². The number of rotatable bonds is 13. The number of H-pyrrole nitrogens is 2. The van der Waals surface area contributed by atoms with Crippen molar-refractivity contribution in [3.63, 3.8) is 0 Å². The Morgan fingerprint density at radius 2 is 1.60 bits per heavy atom. The molecule has 5 heteroatoms. The minimum absolute atomic E-state index is 0.805. The number of ether oxygens (including phenoxy) is 2. The van der Waals surface area contributed by atoms with E-state index in [-0.39, 0.29) is 0 Å². The van der Waals surface area contributed by atoms with Crippen molar-refractivity contribution in [1.82, 2.24) is 9.97 Å². The number of aromatic amines is 2. The van der Waals surface area contributed by atoms with Crippen LogP contribution >= 0.6 is 0 Å². The SMILES string of the molecule is CCCCCCCCCCCc1ccc(/C=c2\[nH]/c(=C3\C=c4cc(OC)ccc4=N3)cc2OC)[nH]1. The number of unbranched alkanes of at least 4 members (excludes halogenated alkanes) is 8. The lowest BCUT2D eigenvalue weighted by molar-refractivity contribution is 0.412. The smallest absolute Gasteiger partial charge is 0.144 e. The Morgan fingerprint density at radius 3 is 2.34 bits per heavy atom. The van der Waals surface area contributed by atoms with Crippen LogP contribution in [0.5, 0.6) is 11.5 Å². The number of aryl methyl sites for hydroxylation is 1. The van der Waals surface area contributed by atoms with Crippen molar-refractivity contribution in [2.24, 2.45) is 4.99 Å². The number of fused-ring (bicyclic) bond motifs is 1. The predicted molar refractivity (Wildman–Crippen MR) is 144 cm³/mol. The Morgan fingerprint density at radius 1 is 0.829 bits per heavy atom. The molecule has 4 rings (SSSR count). The molecule has 3 aromatic rings. The number of methoxy groups -OCH3 is 2. The largest absolute Gasteiger partial charge is 0.497 e. The van der Waals surface area contributed by atoms with Gasteiger partial charge in [-0.2, -0.15) is 0 Å². The van der Waals surface area contributed by atoms with E-state index in [0.29, 0.717) is 0 Å². The van der Waals surface area contributed by atoms with Crippen molar-refractivity contribution >= 4 is 17.8 Å². The first kappa shape index (κ1) is 24.9. The van der Waals surface area contributed by atoms with Gasteiger partial charge in [0, 0.05) is 22.7 Å². The Kier molecular flexibility index (Phi) is 8.88. The lowest BCUT2D eigenvalue weighted by Gasteiger charge is -2.01. The molecule has 5 nitrogen and oxygen atoms in total. The first-order chi connectivity index (χ1) is 17.2. The number of hydrogen-bond acceptors (Lipinski definition) is 3. The van der Waals surface area contributed by atoms with Gasteiger partial charge in [0.25, 0.3) is 0 Å². The summed E-state index contributed by atoms with van der Waals surface area (Å²) in [5.41, 5.74) is 3.26. The van der Waals surface area contributed by atoms with Crippen LogP contribution in [0.25, 0.3) is 17.8 Å². The van der Waals surface area contributed by atoms with Crippen LogP contribution in [0.3, 0.4) is 0 Å². The van der Waals surface area contributed by atoms with E-state index >= 15 is 0 Å². The van der Waals surface area contributed by atoms with E-state index < -0.39 is 0 Å². The van der Waals surface area contributed by atoms with Crippen molar-refractivity contribution < 1.29 is 9.47 Å². The minimum Gasteiger partial charge on any atom is -0.497 e. The second kappa shape index (κ2) is 12.5. The van der Waals surface area contributed by atoms with Gasteiger partial charge in [0.05, 0.1) is 36.0 Å². The van der Waals surface area contributed by atoms with Gasteiger partial charge in [-0.05, 0) is 55.3 Å². The average Bonchev–Trinajstić information content (AvgIpc) is 3.60. The van der Waals surface area contributed by atoms with Crippen LogP contribution in [0.2, 0.25) is 0 Å². The fourth-order valence-corrected chi connectivity index (χ4v) is 4.66. The summed E-state index contributed by atoms with van der Waals surface area (Å²) in [4.78, 5) is 11.8. The number of hydrogen-bond donors (Lipinski definition) is 2. The van der Waals surface area contributed by atoms with E-state index in [1.807, 2.05) is 24.3 Å². The van der Waals surface area contributed by atoms with Crippen LogP contribution in [0.1, 0.15) is 76.1 Å². The van der Waals surface area contributed by atoms with Gasteiger partial charge in [0.1, 0.15) is 11.5 Å². The molecule has 2 aromatic heterocycles. The van der Waals surface area contributed by atoms with Crippen LogP contribution in [-0.2, 0) is 6.42 Å². The summed E-state index contributed by atoms with van der Waals surface area (Å²) in [6.45, 7) is 2.28. The fraction of sp³-hybridized carbons (Fsp3) is 0.433. The Hall–Kier alpha value is -3.21. The van der Waals surface area contributed by atoms with Crippen molar-refractivity contribution in [3.05, 3.63) is 69.1 Å². The molecule has 1 aliphatic rings. The highest BCUT2D eigenvalue weighted by Crippen LogP contribution is 2.13. The third kappa shape index (κ3) is 6.68. The Bertz CT molecular complexity index is 1350. The zero-order valence-corrected chi connectivity index (χ0v) is 21.5. The molecular formula is C30H39N3O2. The Balaban J connectivity index is 1.39. The van der Waals surface area contributed by atoms with E-state index in [2.05, 4.69) is 41.2 Å². The third-order valence-electron chi connectivity index (χ3n) is 6.69. The topological polar surface area (TPSA) is 62.4 Å². The number of benzene rings is 1. The molecule has 0 unspecified atom stereocenters. The van der Waals surface area contributed by atoms with E-state index in [1.54, 1.807) is 14.2 Å². The monoisotopic (exact) mass is 473 g/mol. The normalized spacial score (nSPS) is 14.5. The molecule has 0 fully saturated rings. The molecule has 1 aliphatic heterocycles. The standard InChI is InChI=1S/C30H39N3O2/c1-4-5-6-7-8-9-10-11-12-13-23-14-15-24(31-23)20-29-30(35-3)21-28(33-29)27-19-22-18-25(34-2)16-17-26(22)32-27/h14-21,31,33H,4-13H2,1-3H3/b28-27+,29-20-. The predicted octanol–water partition coefficient (Wildman–Crippen LogP) is 4.48. The van der Waals surface area contributed by atoms with Gasteiger partial charge >= 0.3 is 0 Å². The summed E-state index contributed by atoms with van der Waals surface area (Å²) in [5, 5.41) is 3.88. The second-order valence-corrected chi connectivity index (χ2v) is 9.39. The lowest BCUT2D eigenvalue weighted by Crippen LogP contribution is -2.20. The van der Waals surface area contributed by atoms with E-state index in [9.17, 15) is 0 Å². The summed E-state index contributed by atoms with van der Waals surface area (Å²) < 4.78 is 11.0. The van der Waals surface area contributed by atoms with Gasteiger partial charge in [0.2, 0.25) is 0 Å². The van der Waals surface area contributed by atoms with Crippen molar-refractivity contribution in [3.8, 4) is 11.5 Å². The molecule has 0 atom stereocenters. The zero-order chi connectivity index (χ0) is 24.5. The lowest BCUT2D eigenvalue weighted by atomic mass is 10.1. The summed E-state index contributed by atoms with van der Waals surface area (Å²) in [5.74, 6) is 1.64. The van der Waals surface area contributed by atoms with Gasteiger partial charge < -0.3 is 19.4 Å². The Labute approximate surface area is 208 Å². The van der Waals surface area contributed by atoms with Crippen molar-refractivity contribution in [1.29, 1.82) is 0 Å². The van der Waals surface area contributed by atoms with Gasteiger partial charge in [0.15, 0.2) is 0 Å². The highest BCUT2D eigenvalue weighted by atomic mass is 16.5. The van der Waals surface area contributed by atoms with Gasteiger partial charge in [-0.3, -0.25) is 0 Å². The van der Waals surface area contributed by atoms with Crippen LogP contribution < -0.4 is 30.7 Å². The quantitative estimate of drug-likeness (QED) is 0.360. The van der Waals surface area contributed by atoms with Crippen molar-refractivity contribution in [2.45, 2.75) is 71.1 Å². The molecule has 186 valence electrons. The molecule has 0 saturated carbocycles. The summed E-state index contributed by atoms with van der Waals surface area (Å²) in [6.07, 6.45) is 17.5. The molecule has 3 heterocycles. The van der Waals surface area contributed by atoms with E-state index in [4.69, 9.17) is 14.5 Å². The van der Waals surface area contributed by atoms with Gasteiger partial charge in [-0.1, -0.05) is 58.3 Å². The molecule has 0 saturated heterocycles. The molecule has 35 heavy (non-hydrogen) atoms. The number of aromatic nitrogens is 2. The highest BCUT2D eigenvalue weighted by molar-refractivity contribution is 5.77. The first-order valence-electron chi connectivity index (χ1n) is 13.1. The highest BCUT2D eigenvalue weighted by Gasteiger charge is 2.07. The maximum atomic E-state index is 5.65. The van der Waals surface area contributed by atoms with Crippen LogP contribution in [-0.4, -0.2) is 24.2 Å². The van der Waals surface area contributed by atoms with E-state index in [1.165, 1.54) is 63.5 Å². The second-order valence-electron chi connectivity index (χ2n) is 9.39. The molecule has 0 radical (unpaired) electrons. The van der Waals surface area contributed by atoms with Crippen LogP contribution in [0.4, 0.5) is 0 Å². The molecule has 0 amide bonds. The van der Waals surface area contributed by atoms with Crippen molar-refractivity contribution in [2.75, 3.05) is 14.2 Å². The first-order valence-corrected chi connectivity index (χ1v) is 13.1. The maximum absolute atomic E-state index is 5.65. The van der Waals surface area contributed by atoms with Gasteiger partial charge in [-0.15, -0.1) is 0 Å². The zero-order valence-electron chi connectivity index (χ0n) is 21.5. The third-order valence-corrected chi connectivity index (χ3v) is 6.69. The molecule has 1 aromatic carbocycles. The van der Waals surface area contributed by atoms with Crippen LogP contribution in [0, 0.1) is 0 Å². The summed E-state index contributed by atoms with van der Waals surface area (Å²) in [7, 11) is 3.38. The molecule has 0 spiro atoms. The molecule has 0 bridgehead atoms. The molecule has 2 N–H and O–H groups in total. The van der Waals surface area contributed by atoms with E-state index in [0.717, 1.165) is 50.6 Å². The average molecular weight is 474 g/mol.